The van der Waals surface area contributed by atoms with Gasteiger partial charge in [0.1, 0.15) is 11.6 Å². The van der Waals surface area contributed by atoms with Crippen LogP contribution in [0.2, 0.25) is 0 Å². The Kier molecular flexibility index (Phi) is 9.25. The highest BCUT2D eigenvalue weighted by atomic mass is 16.6. The topological polar surface area (TPSA) is 105 Å². The summed E-state index contributed by atoms with van der Waals surface area (Å²) in [5.74, 6) is -2.05. The molecule has 0 heterocycles. The van der Waals surface area contributed by atoms with Crippen molar-refractivity contribution >= 4 is 18.0 Å². The van der Waals surface area contributed by atoms with E-state index in [-0.39, 0.29) is 12.3 Å². The van der Waals surface area contributed by atoms with Crippen molar-refractivity contribution in [2.75, 3.05) is 6.54 Å². The molecule has 2 aromatic rings. The molecule has 3 N–H and O–H groups in total. The molecule has 0 aliphatic rings. The first-order valence-electron chi connectivity index (χ1n) is 10.8. The molecule has 0 saturated heterocycles. The molecule has 0 saturated carbocycles. The maximum atomic E-state index is 13.1. The van der Waals surface area contributed by atoms with Crippen molar-refractivity contribution in [2.45, 2.75) is 57.6 Å². The molecule has 2 aromatic carbocycles. The molecule has 0 aliphatic carbocycles. The van der Waals surface area contributed by atoms with E-state index < -0.39 is 29.6 Å². The van der Waals surface area contributed by atoms with Gasteiger partial charge in [0, 0.05) is 6.54 Å². The van der Waals surface area contributed by atoms with Crippen LogP contribution in [0.1, 0.15) is 57.1 Å². The second kappa shape index (κ2) is 11.9. The van der Waals surface area contributed by atoms with Crippen LogP contribution in [0.3, 0.4) is 0 Å². The number of hydrogen-bond donors (Lipinski definition) is 3. The SMILES string of the molecule is CC(C)(C)OC(=O)NCCCCC(NC(=O)C(c1ccccc1)c1ccccc1)C(=O)O. The predicted octanol–water partition coefficient (Wildman–Crippen LogP) is 4.08. The Hall–Kier alpha value is -3.35. The fraction of sp³-hybridized carbons (Fsp3) is 0.400. The number of rotatable bonds is 10. The summed E-state index contributed by atoms with van der Waals surface area (Å²) in [5, 5.41) is 15.0. The van der Waals surface area contributed by atoms with Crippen molar-refractivity contribution in [1.82, 2.24) is 10.6 Å². The molecule has 0 radical (unpaired) electrons. The number of benzene rings is 2. The van der Waals surface area contributed by atoms with Crippen LogP contribution in [0.25, 0.3) is 0 Å². The van der Waals surface area contributed by atoms with E-state index in [1.165, 1.54) is 0 Å². The standard InChI is InChI=1S/C25H32N2O5/c1-25(2,3)32-24(31)26-17-11-10-16-20(23(29)30)27-22(28)21(18-12-6-4-7-13-18)19-14-8-5-9-15-19/h4-9,12-15,20-21H,10-11,16-17H2,1-3H3,(H,26,31)(H,27,28)(H,29,30). The van der Waals surface area contributed by atoms with Gasteiger partial charge < -0.3 is 20.5 Å². The normalized spacial score (nSPS) is 12.1. The van der Waals surface area contributed by atoms with E-state index in [0.717, 1.165) is 11.1 Å². The Morgan fingerprint density at radius 2 is 1.44 bits per heavy atom. The molecule has 1 unspecified atom stereocenters. The molecule has 0 fully saturated rings. The molecule has 0 bridgehead atoms. The van der Waals surface area contributed by atoms with Gasteiger partial charge in [0.15, 0.2) is 0 Å². The van der Waals surface area contributed by atoms with Gasteiger partial charge in [0.25, 0.3) is 0 Å². The minimum Gasteiger partial charge on any atom is -0.480 e. The summed E-state index contributed by atoms with van der Waals surface area (Å²) in [5.41, 5.74) is 1.01. The van der Waals surface area contributed by atoms with Crippen LogP contribution >= 0.6 is 0 Å². The maximum absolute atomic E-state index is 13.1. The van der Waals surface area contributed by atoms with E-state index in [1.54, 1.807) is 20.8 Å². The van der Waals surface area contributed by atoms with Gasteiger partial charge >= 0.3 is 12.1 Å². The highest BCUT2D eigenvalue weighted by Gasteiger charge is 2.27. The molecule has 2 rings (SSSR count). The minimum atomic E-state index is -1.08. The average molecular weight is 441 g/mol. The third-order valence-corrected chi connectivity index (χ3v) is 4.73. The van der Waals surface area contributed by atoms with E-state index in [9.17, 15) is 19.5 Å². The van der Waals surface area contributed by atoms with Gasteiger partial charge in [-0.1, -0.05) is 60.7 Å². The number of carboxylic acids is 1. The van der Waals surface area contributed by atoms with Gasteiger partial charge in [-0.3, -0.25) is 4.79 Å². The van der Waals surface area contributed by atoms with E-state index in [0.29, 0.717) is 19.4 Å². The third-order valence-electron chi connectivity index (χ3n) is 4.73. The number of aliphatic carboxylic acids is 1. The zero-order chi connectivity index (χ0) is 23.6. The first kappa shape index (κ1) is 24.9. The Balaban J connectivity index is 1.95. The maximum Gasteiger partial charge on any atom is 0.407 e. The smallest absolute Gasteiger partial charge is 0.407 e. The lowest BCUT2D eigenvalue weighted by Crippen LogP contribution is -2.43. The molecule has 7 heteroatoms. The van der Waals surface area contributed by atoms with Crippen molar-refractivity contribution in [3.8, 4) is 0 Å². The number of amides is 2. The van der Waals surface area contributed by atoms with E-state index >= 15 is 0 Å². The monoisotopic (exact) mass is 440 g/mol. The second-order valence-corrected chi connectivity index (χ2v) is 8.58. The molecule has 0 aromatic heterocycles. The van der Waals surface area contributed by atoms with Gasteiger partial charge in [0.2, 0.25) is 5.91 Å². The quantitative estimate of drug-likeness (QED) is 0.483. The Labute approximate surface area is 189 Å². The molecule has 172 valence electrons. The molecule has 1 atom stereocenters. The highest BCUT2D eigenvalue weighted by Crippen LogP contribution is 2.25. The minimum absolute atomic E-state index is 0.257. The molecule has 0 spiro atoms. The number of alkyl carbamates (subject to hydrolysis) is 1. The Morgan fingerprint density at radius 3 is 1.91 bits per heavy atom. The summed E-state index contributed by atoms with van der Waals surface area (Å²) in [6, 6.07) is 17.6. The number of ether oxygens (including phenoxy) is 1. The number of nitrogens with one attached hydrogen (secondary N) is 2. The molecular weight excluding hydrogens is 408 g/mol. The van der Waals surface area contributed by atoms with Crippen LogP contribution in [-0.2, 0) is 14.3 Å². The van der Waals surface area contributed by atoms with Gasteiger partial charge in [-0.2, -0.15) is 0 Å². The molecule has 0 aliphatic heterocycles. The summed E-state index contributed by atoms with van der Waals surface area (Å²) in [4.78, 5) is 36.5. The Bertz CT molecular complexity index is 839. The van der Waals surface area contributed by atoms with E-state index in [1.807, 2.05) is 60.7 Å². The van der Waals surface area contributed by atoms with E-state index in [4.69, 9.17) is 4.74 Å². The largest absolute Gasteiger partial charge is 0.480 e. The highest BCUT2D eigenvalue weighted by molar-refractivity contribution is 5.90. The van der Waals surface area contributed by atoms with Crippen LogP contribution in [-0.4, -0.2) is 41.3 Å². The van der Waals surface area contributed by atoms with Crippen LogP contribution in [0.5, 0.6) is 0 Å². The van der Waals surface area contributed by atoms with Crippen molar-refractivity contribution in [3.05, 3.63) is 71.8 Å². The van der Waals surface area contributed by atoms with Crippen molar-refractivity contribution < 1.29 is 24.2 Å². The number of carbonyl (C=O) groups excluding carboxylic acids is 2. The lowest BCUT2D eigenvalue weighted by Gasteiger charge is -2.21. The number of unbranched alkanes of at least 4 members (excludes halogenated alkanes) is 1. The average Bonchev–Trinajstić information content (AvgIpc) is 2.73. The van der Waals surface area contributed by atoms with Crippen LogP contribution in [0.15, 0.2) is 60.7 Å². The van der Waals surface area contributed by atoms with Gasteiger partial charge in [0.05, 0.1) is 5.92 Å². The number of carboxylic acid groups (broad SMARTS) is 1. The van der Waals surface area contributed by atoms with Crippen molar-refractivity contribution in [3.63, 3.8) is 0 Å². The van der Waals surface area contributed by atoms with Crippen LogP contribution in [0.4, 0.5) is 4.79 Å². The molecule has 7 nitrogen and oxygen atoms in total. The fourth-order valence-electron chi connectivity index (χ4n) is 3.28. The summed E-state index contributed by atoms with van der Waals surface area (Å²) in [7, 11) is 0. The number of hydrogen-bond acceptors (Lipinski definition) is 4. The van der Waals surface area contributed by atoms with E-state index in [2.05, 4.69) is 10.6 Å². The van der Waals surface area contributed by atoms with Crippen molar-refractivity contribution in [2.24, 2.45) is 0 Å². The van der Waals surface area contributed by atoms with Gasteiger partial charge in [-0.15, -0.1) is 0 Å². The fourth-order valence-corrected chi connectivity index (χ4v) is 3.28. The summed E-state index contributed by atoms with van der Waals surface area (Å²) >= 11 is 0. The summed E-state index contributed by atoms with van der Waals surface area (Å²) in [6.07, 6.45) is 0.843. The van der Waals surface area contributed by atoms with Gasteiger partial charge in [-0.25, -0.2) is 9.59 Å². The zero-order valence-corrected chi connectivity index (χ0v) is 18.8. The lowest BCUT2D eigenvalue weighted by atomic mass is 9.90. The molecular formula is C25H32N2O5. The molecule has 32 heavy (non-hydrogen) atoms. The zero-order valence-electron chi connectivity index (χ0n) is 18.8. The van der Waals surface area contributed by atoms with Crippen molar-refractivity contribution in [1.29, 1.82) is 0 Å². The lowest BCUT2D eigenvalue weighted by molar-refractivity contribution is -0.142. The molecule has 2 amide bonds. The third kappa shape index (κ3) is 8.41. The van der Waals surface area contributed by atoms with Crippen LogP contribution in [0, 0.1) is 0 Å². The number of carbonyl (C=O) groups is 3. The summed E-state index contributed by atoms with van der Waals surface area (Å²) in [6.45, 7) is 5.71. The van der Waals surface area contributed by atoms with Crippen LogP contribution < -0.4 is 10.6 Å². The first-order chi connectivity index (χ1) is 15.2. The first-order valence-corrected chi connectivity index (χ1v) is 10.8. The summed E-state index contributed by atoms with van der Waals surface area (Å²) < 4.78 is 5.17. The Morgan fingerprint density at radius 1 is 0.906 bits per heavy atom. The predicted molar refractivity (Wildman–Crippen MR) is 122 cm³/mol. The van der Waals surface area contributed by atoms with Gasteiger partial charge in [-0.05, 0) is 51.2 Å². The second-order valence-electron chi connectivity index (χ2n) is 8.58.